The maximum Gasteiger partial charge on any atom is 0.160 e. The Kier molecular flexibility index (Phi) is 7.84. The van der Waals surface area contributed by atoms with Crippen LogP contribution in [-0.2, 0) is 0 Å². The molecule has 13 rings (SSSR count). The van der Waals surface area contributed by atoms with E-state index >= 15 is 0 Å². The van der Waals surface area contributed by atoms with Gasteiger partial charge in [0, 0.05) is 66.1 Å². The molecule has 294 valence electrons. The molecule has 63 heavy (non-hydrogen) atoms. The molecule has 0 N–H and O–H groups in total. The van der Waals surface area contributed by atoms with Crippen LogP contribution in [0.25, 0.3) is 116 Å². The van der Waals surface area contributed by atoms with Gasteiger partial charge in [0.1, 0.15) is 0 Å². The Labute approximate surface area is 363 Å². The maximum absolute atomic E-state index is 5.50. The predicted molar refractivity (Wildman–Crippen MR) is 261 cm³/mol. The van der Waals surface area contributed by atoms with Gasteiger partial charge in [0.15, 0.2) is 5.82 Å². The minimum atomic E-state index is 0.684. The third-order valence-corrected chi connectivity index (χ3v) is 12.6. The first-order valence-electron chi connectivity index (χ1n) is 21.4. The van der Waals surface area contributed by atoms with Gasteiger partial charge in [0.2, 0.25) is 0 Å². The molecule has 9 aromatic carbocycles. The van der Waals surface area contributed by atoms with Gasteiger partial charge in [-0.05, 0) is 66.7 Å². The molecule has 0 fully saturated rings. The average molecular weight is 804 g/mol. The second-order valence-corrected chi connectivity index (χ2v) is 16.2. The lowest BCUT2D eigenvalue weighted by Gasteiger charge is -2.16. The summed E-state index contributed by atoms with van der Waals surface area (Å²) in [7, 11) is 0. The summed E-state index contributed by atoms with van der Waals surface area (Å²) in [6, 6.07) is 80.2. The van der Waals surface area contributed by atoms with Gasteiger partial charge in [-0.25, -0.2) is 9.97 Å². The van der Waals surface area contributed by atoms with Crippen molar-refractivity contribution in [1.29, 1.82) is 0 Å². The van der Waals surface area contributed by atoms with E-state index < -0.39 is 0 Å². The van der Waals surface area contributed by atoms with Crippen molar-refractivity contribution in [2.24, 2.45) is 0 Å². The van der Waals surface area contributed by atoms with Crippen molar-refractivity contribution in [3.63, 3.8) is 0 Å². The van der Waals surface area contributed by atoms with Gasteiger partial charge >= 0.3 is 0 Å². The van der Waals surface area contributed by atoms with Gasteiger partial charge in [0.05, 0.1) is 44.5 Å². The number of hydrogen-bond acceptors (Lipinski definition) is 2. The predicted octanol–water partition coefficient (Wildman–Crippen LogP) is 14.8. The average Bonchev–Trinajstić information content (AvgIpc) is 4.00. The minimum Gasteiger partial charge on any atom is -0.309 e. The van der Waals surface area contributed by atoms with Crippen molar-refractivity contribution in [2.45, 2.75) is 0 Å². The van der Waals surface area contributed by atoms with Crippen LogP contribution >= 0.6 is 0 Å². The monoisotopic (exact) mass is 803 g/mol. The minimum absolute atomic E-state index is 0.684. The fraction of sp³-hybridized carbons (Fsp3) is 0. The van der Waals surface area contributed by atoms with Crippen molar-refractivity contribution in [3.05, 3.63) is 224 Å². The number of aromatic nitrogens is 5. The van der Waals surface area contributed by atoms with E-state index in [1.807, 2.05) is 6.07 Å². The number of rotatable bonds is 6. The number of nitrogens with zero attached hydrogens (tertiary/aromatic N) is 5. The fourth-order valence-corrected chi connectivity index (χ4v) is 9.93. The zero-order valence-electron chi connectivity index (χ0n) is 34.1. The summed E-state index contributed by atoms with van der Waals surface area (Å²) in [5.74, 6) is 0.684. The number of hydrogen-bond donors (Lipinski definition) is 0. The molecule has 0 spiro atoms. The van der Waals surface area contributed by atoms with Crippen LogP contribution in [0.15, 0.2) is 224 Å². The quantitative estimate of drug-likeness (QED) is 0.168. The smallest absolute Gasteiger partial charge is 0.160 e. The van der Waals surface area contributed by atoms with Crippen LogP contribution in [0.4, 0.5) is 0 Å². The third-order valence-electron chi connectivity index (χ3n) is 12.6. The lowest BCUT2D eigenvalue weighted by atomic mass is 9.99. The molecule has 0 bridgehead atoms. The highest BCUT2D eigenvalue weighted by atomic mass is 15.0. The number of para-hydroxylation sites is 5. The topological polar surface area (TPSA) is 40.6 Å². The Hall–Kier alpha value is -8.54. The zero-order chi connectivity index (χ0) is 41.4. The highest BCUT2D eigenvalue weighted by Gasteiger charge is 2.26. The molecular weight excluding hydrogens is 767 g/mol. The van der Waals surface area contributed by atoms with Crippen LogP contribution in [0, 0.1) is 0 Å². The molecule has 0 amide bonds. The Bertz CT molecular complexity index is 3820. The molecule has 0 aliphatic heterocycles. The van der Waals surface area contributed by atoms with Gasteiger partial charge in [-0.2, -0.15) is 0 Å². The zero-order valence-corrected chi connectivity index (χ0v) is 34.1. The van der Waals surface area contributed by atoms with E-state index in [0.29, 0.717) is 5.82 Å². The second kappa shape index (κ2) is 14.0. The second-order valence-electron chi connectivity index (χ2n) is 16.2. The molecule has 5 nitrogen and oxygen atoms in total. The van der Waals surface area contributed by atoms with Crippen molar-refractivity contribution in [3.8, 4) is 51.0 Å². The first-order chi connectivity index (χ1) is 31.3. The highest BCUT2D eigenvalue weighted by molar-refractivity contribution is 6.29. The summed E-state index contributed by atoms with van der Waals surface area (Å²) in [6.45, 7) is 0. The Morgan fingerprint density at radius 2 is 0.762 bits per heavy atom. The summed E-state index contributed by atoms with van der Waals surface area (Å²) >= 11 is 0. The summed E-state index contributed by atoms with van der Waals surface area (Å²) in [6.07, 6.45) is 0. The summed E-state index contributed by atoms with van der Waals surface area (Å²) < 4.78 is 7.33. The third kappa shape index (κ3) is 5.43. The van der Waals surface area contributed by atoms with Crippen molar-refractivity contribution in [2.75, 3.05) is 0 Å². The largest absolute Gasteiger partial charge is 0.309 e. The van der Waals surface area contributed by atoms with Crippen molar-refractivity contribution >= 4 is 65.4 Å². The normalized spacial score (nSPS) is 11.8. The van der Waals surface area contributed by atoms with E-state index in [1.54, 1.807) is 0 Å². The van der Waals surface area contributed by atoms with Gasteiger partial charge in [0.25, 0.3) is 0 Å². The van der Waals surface area contributed by atoms with Crippen molar-refractivity contribution < 1.29 is 0 Å². The number of benzene rings is 9. The van der Waals surface area contributed by atoms with Crippen LogP contribution in [0.5, 0.6) is 0 Å². The highest BCUT2D eigenvalue weighted by Crippen LogP contribution is 2.47. The van der Waals surface area contributed by atoms with Crippen LogP contribution in [0.1, 0.15) is 0 Å². The SMILES string of the molecule is c1ccc(-c2cc(-c3cc4c5ccccc5n(-c5ccccc5)c4c4c5ccccc5n(-c5ccc6c7ccccc7n(-c7ccccc7)c6c5)c34)nc(-c3ccccc3)n2)cc1. The van der Waals surface area contributed by atoms with Gasteiger partial charge in [-0.15, -0.1) is 0 Å². The van der Waals surface area contributed by atoms with E-state index in [4.69, 9.17) is 9.97 Å². The maximum atomic E-state index is 5.50. The molecule has 0 unspecified atom stereocenters. The van der Waals surface area contributed by atoms with E-state index in [1.165, 1.54) is 37.8 Å². The Balaban J connectivity index is 1.22. The van der Waals surface area contributed by atoms with E-state index in [2.05, 4.69) is 232 Å². The van der Waals surface area contributed by atoms with E-state index in [-0.39, 0.29) is 0 Å². The molecule has 0 radical (unpaired) electrons. The lowest BCUT2D eigenvalue weighted by Crippen LogP contribution is -2.00. The first-order valence-corrected chi connectivity index (χ1v) is 21.4. The molecular formula is C58H37N5. The molecule has 0 saturated heterocycles. The summed E-state index contributed by atoms with van der Waals surface area (Å²) in [5.41, 5.74) is 14.9. The summed E-state index contributed by atoms with van der Waals surface area (Å²) in [4.78, 5) is 10.7. The van der Waals surface area contributed by atoms with Gasteiger partial charge in [-0.1, -0.05) is 158 Å². The molecule has 5 heteroatoms. The van der Waals surface area contributed by atoms with Crippen molar-refractivity contribution in [1.82, 2.24) is 23.7 Å². The number of fused-ring (bicyclic) bond motifs is 10. The molecule has 4 heterocycles. The van der Waals surface area contributed by atoms with Crippen LogP contribution < -0.4 is 0 Å². The first kappa shape index (κ1) is 35.2. The Morgan fingerprint density at radius 3 is 1.43 bits per heavy atom. The van der Waals surface area contributed by atoms with Crippen LogP contribution in [0.3, 0.4) is 0 Å². The lowest BCUT2D eigenvalue weighted by molar-refractivity contribution is 1.15. The molecule has 0 aliphatic rings. The molecule has 0 aliphatic carbocycles. The summed E-state index contributed by atoms with van der Waals surface area (Å²) in [5, 5.41) is 7.13. The molecule has 0 saturated carbocycles. The van der Waals surface area contributed by atoms with E-state index in [0.717, 1.165) is 72.7 Å². The van der Waals surface area contributed by atoms with Gasteiger partial charge < -0.3 is 13.7 Å². The van der Waals surface area contributed by atoms with E-state index in [9.17, 15) is 0 Å². The van der Waals surface area contributed by atoms with Crippen LogP contribution in [-0.4, -0.2) is 23.7 Å². The molecule has 13 aromatic rings. The standard InChI is InChI=1S/C58H37N5/c1-5-19-38(20-6-1)49-37-50(60-58(59-49)39-21-7-2-8-22-39)48-36-47-44-28-14-17-31-52(44)62(41-25-11-4-12-26-41)56(47)55-46-29-15-18-32-53(46)63(57(48)55)42-33-34-45-43-27-13-16-30-51(43)61(54(45)35-42)40-23-9-3-10-24-40/h1-37H. The fourth-order valence-electron chi connectivity index (χ4n) is 9.93. The molecule has 4 aromatic heterocycles. The van der Waals surface area contributed by atoms with Crippen LogP contribution in [0.2, 0.25) is 0 Å². The van der Waals surface area contributed by atoms with Gasteiger partial charge in [-0.3, -0.25) is 0 Å². The molecule has 0 atom stereocenters. The Morgan fingerprint density at radius 1 is 0.286 bits per heavy atom.